The number of hydrogen-bond donors (Lipinski definition) is 1. The van der Waals surface area contributed by atoms with Crippen LogP contribution in [-0.2, 0) is 0 Å². The van der Waals surface area contributed by atoms with E-state index in [1.54, 1.807) is 7.11 Å². The Labute approximate surface area is 108 Å². The Kier molecular flexibility index (Phi) is 4.25. The van der Waals surface area contributed by atoms with Crippen LogP contribution in [-0.4, -0.2) is 13.7 Å². The van der Waals surface area contributed by atoms with Gasteiger partial charge >= 0.3 is 0 Å². The van der Waals surface area contributed by atoms with Crippen LogP contribution in [0, 0.1) is 11.3 Å². The maximum atomic E-state index is 9.37. The predicted molar refractivity (Wildman–Crippen MR) is 72.0 cm³/mol. The molecule has 0 bridgehead atoms. The largest absolute Gasteiger partial charge is 0.497 e. The zero-order chi connectivity index (χ0) is 12.8. The fraction of sp³-hybridized carbons (Fsp3) is 0.400. The van der Waals surface area contributed by atoms with Crippen molar-refractivity contribution >= 4 is 5.57 Å². The van der Waals surface area contributed by atoms with E-state index in [1.807, 2.05) is 24.3 Å². The summed E-state index contributed by atoms with van der Waals surface area (Å²) < 4.78 is 5.13. The van der Waals surface area contributed by atoms with Gasteiger partial charge in [-0.3, -0.25) is 0 Å². The van der Waals surface area contributed by atoms with Gasteiger partial charge in [-0.25, -0.2) is 0 Å². The number of ether oxygens (including phenoxy) is 1. The van der Waals surface area contributed by atoms with Gasteiger partial charge in [0.1, 0.15) is 11.8 Å². The van der Waals surface area contributed by atoms with E-state index >= 15 is 0 Å². The molecule has 1 aliphatic rings. The van der Waals surface area contributed by atoms with Crippen molar-refractivity contribution in [1.82, 2.24) is 5.32 Å². The van der Waals surface area contributed by atoms with Crippen LogP contribution in [0.15, 0.2) is 30.0 Å². The van der Waals surface area contributed by atoms with Crippen LogP contribution < -0.4 is 10.1 Å². The number of nitrogens with zero attached hydrogens (tertiary/aromatic N) is 1. The van der Waals surface area contributed by atoms with Crippen molar-refractivity contribution in [1.29, 1.82) is 5.26 Å². The highest BCUT2D eigenvalue weighted by atomic mass is 16.5. The molecule has 0 atom stereocenters. The van der Waals surface area contributed by atoms with Gasteiger partial charge in [0, 0.05) is 12.2 Å². The summed E-state index contributed by atoms with van der Waals surface area (Å²) in [4.78, 5) is 0. The van der Waals surface area contributed by atoms with Gasteiger partial charge < -0.3 is 10.1 Å². The Morgan fingerprint density at radius 1 is 1.22 bits per heavy atom. The summed E-state index contributed by atoms with van der Waals surface area (Å²) in [6, 6.07) is 10.00. The third kappa shape index (κ3) is 2.84. The quantitative estimate of drug-likeness (QED) is 0.810. The molecule has 0 spiro atoms. The summed E-state index contributed by atoms with van der Waals surface area (Å²) in [5.74, 6) is 0.815. The molecule has 1 fully saturated rings. The predicted octanol–water partition coefficient (Wildman–Crippen LogP) is 3.09. The molecule has 3 nitrogen and oxygen atoms in total. The molecule has 1 N–H and O–H groups in total. The van der Waals surface area contributed by atoms with Crippen molar-refractivity contribution < 1.29 is 4.74 Å². The molecule has 2 rings (SSSR count). The Hall–Kier alpha value is -1.95. The number of benzene rings is 1. The fourth-order valence-electron chi connectivity index (χ4n) is 2.21. The standard InChI is InChI=1S/C15H18N2O/c1-18-13-8-6-12(7-9-13)14(11-16)15-5-3-2-4-10-17-15/h6-9,17H,2-5,10H2,1H3. The van der Waals surface area contributed by atoms with Crippen molar-refractivity contribution in [2.75, 3.05) is 13.7 Å². The number of allylic oxidation sites excluding steroid dienone is 2. The van der Waals surface area contributed by atoms with Gasteiger partial charge in [0.25, 0.3) is 0 Å². The van der Waals surface area contributed by atoms with Crippen LogP contribution >= 0.6 is 0 Å². The summed E-state index contributed by atoms with van der Waals surface area (Å²) in [7, 11) is 1.64. The van der Waals surface area contributed by atoms with Gasteiger partial charge in [-0.05, 0) is 49.1 Å². The Balaban J connectivity index is 2.31. The number of nitriles is 1. The second kappa shape index (κ2) is 6.11. The average molecular weight is 242 g/mol. The lowest BCUT2D eigenvalue weighted by atomic mass is 10.0. The number of rotatable bonds is 2. The summed E-state index contributed by atoms with van der Waals surface area (Å²) in [6.07, 6.45) is 4.54. The molecule has 3 heteroatoms. The second-order valence-corrected chi connectivity index (χ2v) is 4.43. The molecule has 0 saturated carbocycles. The van der Waals surface area contributed by atoms with Crippen LogP contribution in [0.2, 0.25) is 0 Å². The molecule has 1 saturated heterocycles. The molecule has 0 unspecified atom stereocenters. The number of hydrogen-bond acceptors (Lipinski definition) is 3. The van der Waals surface area contributed by atoms with Crippen molar-refractivity contribution in [3.05, 3.63) is 35.5 Å². The Morgan fingerprint density at radius 2 is 2.00 bits per heavy atom. The van der Waals surface area contributed by atoms with Gasteiger partial charge in [0.2, 0.25) is 0 Å². The van der Waals surface area contributed by atoms with Crippen LogP contribution in [0.4, 0.5) is 0 Å². The topological polar surface area (TPSA) is 45.0 Å². The summed E-state index contributed by atoms with van der Waals surface area (Å²) >= 11 is 0. The van der Waals surface area contributed by atoms with E-state index < -0.39 is 0 Å². The molecular formula is C15H18N2O. The minimum absolute atomic E-state index is 0.763. The smallest absolute Gasteiger partial charge is 0.118 e. The van der Waals surface area contributed by atoms with E-state index in [4.69, 9.17) is 4.74 Å². The third-order valence-electron chi connectivity index (χ3n) is 3.23. The number of methoxy groups -OCH3 is 1. The minimum atomic E-state index is 0.763. The summed E-state index contributed by atoms with van der Waals surface area (Å²) in [5, 5.41) is 12.8. The van der Waals surface area contributed by atoms with Crippen molar-refractivity contribution in [2.24, 2.45) is 0 Å². The highest BCUT2D eigenvalue weighted by Crippen LogP contribution is 2.24. The molecule has 1 aliphatic heterocycles. The van der Waals surface area contributed by atoms with Gasteiger partial charge in [0.15, 0.2) is 0 Å². The number of nitrogens with one attached hydrogen (secondary N) is 1. The molecule has 0 aliphatic carbocycles. The first-order valence-corrected chi connectivity index (χ1v) is 6.36. The summed E-state index contributed by atoms with van der Waals surface area (Å²) in [6.45, 7) is 0.969. The monoisotopic (exact) mass is 242 g/mol. The van der Waals surface area contributed by atoms with E-state index in [9.17, 15) is 5.26 Å². The van der Waals surface area contributed by atoms with E-state index in [0.717, 1.165) is 42.0 Å². The first-order chi connectivity index (χ1) is 8.85. The van der Waals surface area contributed by atoms with Gasteiger partial charge in [-0.15, -0.1) is 0 Å². The van der Waals surface area contributed by atoms with E-state index in [0.29, 0.717) is 0 Å². The third-order valence-corrected chi connectivity index (χ3v) is 3.23. The molecule has 0 radical (unpaired) electrons. The molecule has 1 aromatic carbocycles. The molecule has 1 heterocycles. The van der Waals surface area contributed by atoms with E-state index in [-0.39, 0.29) is 0 Å². The lowest BCUT2D eigenvalue weighted by Gasteiger charge is -2.10. The van der Waals surface area contributed by atoms with E-state index in [1.165, 1.54) is 12.8 Å². The van der Waals surface area contributed by atoms with Gasteiger partial charge in [-0.1, -0.05) is 6.42 Å². The molecule has 0 amide bonds. The highest BCUT2D eigenvalue weighted by molar-refractivity contribution is 5.79. The zero-order valence-corrected chi connectivity index (χ0v) is 10.7. The SMILES string of the molecule is COc1ccc(C(C#N)=C2CCCCCN2)cc1. The van der Waals surface area contributed by atoms with Crippen molar-refractivity contribution in [2.45, 2.75) is 25.7 Å². The molecule has 18 heavy (non-hydrogen) atoms. The lowest BCUT2D eigenvalue weighted by molar-refractivity contribution is 0.415. The Bertz CT molecular complexity index is 458. The van der Waals surface area contributed by atoms with Crippen LogP contribution in [0.5, 0.6) is 5.75 Å². The van der Waals surface area contributed by atoms with Crippen LogP contribution in [0.25, 0.3) is 5.57 Å². The normalized spacial score (nSPS) is 18.2. The minimum Gasteiger partial charge on any atom is -0.497 e. The summed E-state index contributed by atoms with van der Waals surface area (Å²) in [5.41, 5.74) is 2.81. The van der Waals surface area contributed by atoms with Crippen LogP contribution in [0.1, 0.15) is 31.2 Å². The highest BCUT2D eigenvalue weighted by Gasteiger charge is 2.11. The first kappa shape index (κ1) is 12.5. The van der Waals surface area contributed by atoms with Gasteiger partial charge in [-0.2, -0.15) is 5.26 Å². The van der Waals surface area contributed by atoms with Crippen molar-refractivity contribution in [3.63, 3.8) is 0 Å². The molecule has 94 valence electrons. The van der Waals surface area contributed by atoms with E-state index in [2.05, 4.69) is 11.4 Å². The van der Waals surface area contributed by atoms with Gasteiger partial charge in [0.05, 0.1) is 12.7 Å². The maximum absolute atomic E-state index is 9.37. The lowest BCUT2D eigenvalue weighted by Crippen LogP contribution is -2.13. The second-order valence-electron chi connectivity index (χ2n) is 4.43. The van der Waals surface area contributed by atoms with Crippen LogP contribution in [0.3, 0.4) is 0 Å². The Morgan fingerprint density at radius 3 is 2.67 bits per heavy atom. The zero-order valence-electron chi connectivity index (χ0n) is 10.7. The molecule has 0 aromatic heterocycles. The fourth-order valence-corrected chi connectivity index (χ4v) is 2.21. The first-order valence-electron chi connectivity index (χ1n) is 6.36. The average Bonchev–Trinajstić information content (AvgIpc) is 2.70. The molecular weight excluding hydrogens is 224 g/mol. The van der Waals surface area contributed by atoms with Crippen molar-refractivity contribution in [3.8, 4) is 11.8 Å². The maximum Gasteiger partial charge on any atom is 0.118 e. The molecule has 1 aromatic rings.